The Morgan fingerprint density at radius 1 is 1.47 bits per heavy atom. The summed E-state index contributed by atoms with van der Waals surface area (Å²) in [5, 5.41) is 15.3. The van der Waals surface area contributed by atoms with E-state index in [0.29, 0.717) is 11.6 Å². The van der Waals surface area contributed by atoms with Crippen molar-refractivity contribution in [2.24, 2.45) is 0 Å². The number of carbonyl (C=O) groups is 1. The first kappa shape index (κ1) is 16.1. The average molecular weight is 303 g/mol. The molecule has 19 heavy (non-hydrogen) atoms. The number of aliphatic hydroxyl groups excluding tert-OH is 1. The summed E-state index contributed by atoms with van der Waals surface area (Å²) in [4.78, 5) is 11.7. The summed E-state index contributed by atoms with van der Waals surface area (Å²) in [5.41, 5.74) is 0.871. The van der Waals surface area contributed by atoms with Crippen LogP contribution in [0.1, 0.15) is 12.5 Å². The zero-order chi connectivity index (χ0) is 14.3. The van der Waals surface area contributed by atoms with Crippen LogP contribution in [0.3, 0.4) is 0 Å². The number of aliphatic hydroxyl groups is 1. The van der Waals surface area contributed by atoms with Gasteiger partial charge in [-0.1, -0.05) is 29.8 Å². The van der Waals surface area contributed by atoms with Gasteiger partial charge in [-0.2, -0.15) is 11.8 Å². The second-order valence-corrected chi connectivity index (χ2v) is 5.65. The molecule has 0 saturated heterocycles. The van der Waals surface area contributed by atoms with Gasteiger partial charge in [0, 0.05) is 22.9 Å². The molecule has 0 aliphatic rings. The third-order valence-electron chi connectivity index (χ3n) is 2.80. The highest BCUT2D eigenvalue weighted by atomic mass is 35.5. The fourth-order valence-electron chi connectivity index (χ4n) is 1.60. The van der Waals surface area contributed by atoms with Crippen molar-refractivity contribution in [3.63, 3.8) is 0 Å². The SMILES string of the molecule is CSC(CO)C(C)NC(=O)NCc1ccccc1Cl. The quantitative estimate of drug-likeness (QED) is 0.755. The van der Waals surface area contributed by atoms with E-state index in [9.17, 15) is 4.79 Å². The monoisotopic (exact) mass is 302 g/mol. The lowest BCUT2D eigenvalue weighted by Gasteiger charge is -2.21. The van der Waals surface area contributed by atoms with Crippen LogP contribution in [0.5, 0.6) is 0 Å². The summed E-state index contributed by atoms with van der Waals surface area (Å²) in [6.45, 7) is 2.28. The topological polar surface area (TPSA) is 61.4 Å². The smallest absolute Gasteiger partial charge is 0.315 e. The lowest BCUT2D eigenvalue weighted by atomic mass is 10.2. The zero-order valence-electron chi connectivity index (χ0n) is 11.0. The van der Waals surface area contributed by atoms with Crippen LogP contribution >= 0.6 is 23.4 Å². The maximum Gasteiger partial charge on any atom is 0.315 e. The van der Waals surface area contributed by atoms with Gasteiger partial charge in [0.05, 0.1) is 6.61 Å². The predicted molar refractivity (Wildman–Crippen MR) is 80.7 cm³/mol. The number of halogens is 1. The zero-order valence-corrected chi connectivity index (χ0v) is 12.6. The molecule has 106 valence electrons. The molecule has 0 radical (unpaired) electrons. The molecule has 1 rings (SSSR count). The number of carbonyl (C=O) groups excluding carboxylic acids is 1. The van der Waals surface area contributed by atoms with Crippen molar-refractivity contribution in [2.75, 3.05) is 12.9 Å². The number of amides is 2. The van der Waals surface area contributed by atoms with E-state index in [-0.39, 0.29) is 23.9 Å². The first-order valence-electron chi connectivity index (χ1n) is 6.00. The van der Waals surface area contributed by atoms with Crippen molar-refractivity contribution < 1.29 is 9.90 Å². The van der Waals surface area contributed by atoms with Gasteiger partial charge in [0.15, 0.2) is 0 Å². The van der Waals surface area contributed by atoms with Crippen LogP contribution in [0.15, 0.2) is 24.3 Å². The third-order valence-corrected chi connectivity index (χ3v) is 4.33. The Balaban J connectivity index is 2.42. The normalized spacial score (nSPS) is 13.7. The molecular formula is C13H19ClN2O2S. The molecule has 0 aliphatic carbocycles. The van der Waals surface area contributed by atoms with Crippen molar-refractivity contribution in [1.29, 1.82) is 0 Å². The Labute approximate surface area is 122 Å². The molecule has 6 heteroatoms. The lowest BCUT2D eigenvalue weighted by Crippen LogP contribution is -2.45. The molecule has 0 bridgehead atoms. The molecule has 0 aliphatic heterocycles. The second kappa shape index (κ2) is 8.30. The van der Waals surface area contributed by atoms with Crippen molar-refractivity contribution in [3.05, 3.63) is 34.9 Å². The molecule has 3 N–H and O–H groups in total. The number of hydrogen-bond acceptors (Lipinski definition) is 3. The highest BCUT2D eigenvalue weighted by Gasteiger charge is 2.17. The Morgan fingerprint density at radius 2 is 2.16 bits per heavy atom. The molecule has 0 fully saturated rings. The maximum absolute atomic E-state index is 11.7. The number of thioether (sulfide) groups is 1. The summed E-state index contributed by atoms with van der Waals surface area (Å²) in [6, 6.07) is 7.00. The Kier molecular flexibility index (Phi) is 7.05. The van der Waals surface area contributed by atoms with Gasteiger partial charge in [0.1, 0.15) is 0 Å². The van der Waals surface area contributed by atoms with E-state index < -0.39 is 0 Å². The fraction of sp³-hybridized carbons (Fsp3) is 0.462. The molecule has 2 unspecified atom stereocenters. The molecule has 2 atom stereocenters. The average Bonchev–Trinajstić information content (AvgIpc) is 2.39. The molecule has 0 saturated carbocycles. The van der Waals surface area contributed by atoms with Gasteiger partial charge in [0.2, 0.25) is 0 Å². The number of hydrogen-bond donors (Lipinski definition) is 3. The van der Waals surface area contributed by atoms with E-state index in [1.54, 1.807) is 6.07 Å². The van der Waals surface area contributed by atoms with Crippen LogP contribution in [-0.2, 0) is 6.54 Å². The molecule has 1 aromatic rings. The number of benzene rings is 1. The number of urea groups is 1. The Morgan fingerprint density at radius 3 is 2.74 bits per heavy atom. The van der Waals surface area contributed by atoms with E-state index in [2.05, 4.69) is 10.6 Å². The standard InChI is InChI=1S/C13H19ClN2O2S/c1-9(12(8-17)19-2)16-13(18)15-7-10-5-3-4-6-11(10)14/h3-6,9,12,17H,7-8H2,1-2H3,(H2,15,16,18). The molecule has 4 nitrogen and oxygen atoms in total. The summed E-state index contributed by atoms with van der Waals surface area (Å²) in [5.74, 6) is 0. The molecule has 1 aromatic carbocycles. The second-order valence-electron chi connectivity index (χ2n) is 4.16. The molecular weight excluding hydrogens is 284 g/mol. The third kappa shape index (κ3) is 5.30. The van der Waals surface area contributed by atoms with E-state index in [1.807, 2.05) is 31.4 Å². The highest BCUT2D eigenvalue weighted by Crippen LogP contribution is 2.14. The van der Waals surface area contributed by atoms with Crippen LogP contribution in [0.25, 0.3) is 0 Å². The van der Waals surface area contributed by atoms with Gasteiger partial charge in [-0.05, 0) is 24.8 Å². The van der Waals surface area contributed by atoms with Gasteiger partial charge < -0.3 is 15.7 Å². The van der Waals surface area contributed by atoms with Gasteiger partial charge >= 0.3 is 6.03 Å². The van der Waals surface area contributed by atoms with Gasteiger partial charge in [-0.25, -0.2) is 4.79 Å². The first-order valence-corrected chi connectivity index (χ1v) is 7.66. The van der Waals surface area contributed by atoms with E-state index in [1.165, 1.54) is 11.8 Å². The summed E-state index contributed by atoms with van der Waals surface area (Å²) < 4.78 is 0. The van der Waals surface area contributed by atoms with Crippen LogP contribution < -0.4 is 10.6 Å². The van der Waals surface area contributed by atoms with Gasteiger partial charge in [0.25, 0.3) is 0 Å². The summed E-state index contributed by atoms with van der Waals surface area (Å²) in [6.07, 6.45) is 1.90. The Bertz CT molecular complexity index is 413. The minimum Gasteiger partial charge on any atom is -0.395 e. The molecule has 0 spiro atoms. The van der Waals surface area contributed by atoms with Gasteiger partial charge in [-0.3, -0.25) is 0 Å². The number of rotatable bonds is 6. The molecule has 0 aromatic heterocycles. The minimum absolute atomic E-state index is 0.00827. The largest absolute Gasteiger partial charge is 0.395 e. The number of nitrogens with one attached hydrogen (secondary N) is 2. The van der Waals surface area contributed by atoms with Crippen LogP contribution in [0.2, 0.25) is 5.02 Å². The van der Waals surface area contributed by atoms with E-state index in [0.717, 1.165) is 5.56 Å². The summed E-state index contributed by atoms with van der Waals surface area (Å²) in [7, 11) is 0. The van der Waals surface area contributed by atoms with Crippen LogP contribution in [-0.4, -0.2) is 35.3 Å². The van der Waals surface area contributed by atoms with Crippen molar-refractivity contribution in [1.82, 2.24) is 10.6 Å². The highest BCUT2D eigenvalue weighted by molar-refractivity contribution is 7.99. The predicted octanol–water partition coefficient (Wildman–Crippen LogP) is 2.25. The molecule has 2 amide bonds. The maximum atomic E-state index is 11.7. The van der Waals surface area contributed by atoms with Gasteiger partial charge in [-0.15, -0.1) is 0 Å². The van der Waals surface area contributed by atoms with Crippen LogP contribution in [0, 0.1) is 0 Å². The lowest BCUT2D eigenvalue weighted by molar-refractivity contribution is 0.232. The van der Waals surface area contributed by atoms with E-state index >= 15 is 0 Å². The van der Waals surface area contributed by atoms with Crippen LogP contribution in [0.4, 0.5) is 4.79 Å². The molecule has 0 heterocycles. The first-order chi connectivity index (χ1) is 9.08. The minimum atomic E-state index is -0.264. The van der Waals surface area contributed by atoms with Crippen molar-refractivity contribution >= 4 is 29.4 Å². The van der Waals surface area contributed by atoms with E-state index in [4.69, 9.17) is 16.7 Å². The summed E-state index contributed by atoms with van der Waals surface area (Å²) >= 11 is 7.52. The fourth-order valence-corrected chi connectivity index (χ4v) is 2.43. The van der Waals surface area contributed by atoms with Crippen molar-refractivity contribution in [3.8, 4) is 0 Å². The van der Waals surface area contributed by atoms with Crippen molar-refractivity contribution in [2.45, 2.75) is 24.8 Å². The Hall–Kier alpha value is -0.910.